The number of ether oxygens (including phenoxy) is 1. The Hall–Kier alpha value is -2.28. The molecule has 0 atom stereocenters. The molecule has 0 aliphatic rings. The van der Waals surface area contributed by atoms with Crippen LogP contribution >= 0.6 is 0 Å². The predicted molar refractivity (Wildman–Crippen MR) is 72.6 cm³/mol. The fourth-order valence-electron chi connectivity index (χ4n) is 1.51. The van der Waals surface area contributed by atoms with Crippen molar-refractivity contribution in [1.29, 1.82) is 0 Å². The van der Waals surface area contributed by atoms with E-state index in [0.29, 0.717) is 11.8 Å². The van der Waals surface area contributed by atoms with Crippen molar-refractivity contribution in [3.63, 3.8) is 0 Å². The number of nitrogens with one attached hydrogen (secondary N) is 1. The Morgan fingerprint density at radius 1 is 1.28 bits per heavy atom. The summed E-state index contributed by atoms with van der Waals surface area (Å²) in [5, 5.41) is 3.76. The summed E-state index contributed by atoms with van der Waals surface area (Å²) in [7, 11) is 1.76. The Morgan fingerprint density at radius 2 is 2.00 bits per heavy atom. The van der Waals surface area contributed by atoms with Gasteiger partial charge in [0.1, 0.15) is 0 Å². The zero-order valence-corrected chi connectivity index (χ0v) is 10.7. The van der Waals surface area contributed by atoms with E-state index in [0.717, 1.165) is 10.9 Å². The minimum Gasteiger partial charge on any atom is -0.458 e. The van der Waals surface area contributed by atoms with Crippen LogP contribution in [-0.4, -0.2) is 22.6 Å². The highest BCUT2D eigenvalue weighted by molar-refractivity contribution is 5.84. The van der Waals surface area contributed by atoms with Gasteiger partial charge in [-0.1, -0.05) is 18.1 Å². The number of benzene rings is 1. The average molecular weight is 241 g/mol. The Kier molecular flexibility index (Phi) is 3.07. The summed E-state index contributed by atoms with van der Waals surface area (Å²) in [6.45, 7) is 3.64. The molecule has 0 amide bonds. The first kappa shape index (κ1) is 12.2. The molecule has 4 heteroatoms. The minimum atomic E-state index is -0.706. The lowest BCUT2D eigenvalue weighted by molar-refractivity contribution is 0.167. The van der Waals surface area contributed by atoms with Crippen LogP contribution in [0.3, 0.4) is 0 Å². The lowest BCUT2D eigenvalue weighted by Crippen LogP contribution is -2.26. The van der Waals surface area contributed by atoms with Gasteiger partial charge in [-0.05, 0) is 26.0 Å². The van der Waals surface area contributed by atoms with Crippen LogP contribution < -0.4 is 10.1 Å². The lowest BCUT2D eigenvalue weighted by atomic mass is 10.1. The Bertz CT molecular complexity index is 614. The smallest absolute Gasteiger partial charge is 0.227 e. The standard InChI is InChI=1S/C14H15N3O/c1-5-14(2,3)18-12-10-8-6-7-9-11(10)16-13(15-4)17-12/h1,6-9H,2-4H3,(H,15,16,17). The highest BCUT2D eigenvalue weighted by atomic mass is 16.5. The molecule has 0 fully saturated rings. The number of hydrogen-bond donors (Lipinski definition) is 1. The summed E-state index contributed by atoms with van der Waals surface area (Å²) < 4.78 is 5.78. The van der Waals surface area contributed by atoms with E-state index >= 15 is 0 Å². The van der Waals surface area contributed by atoms with Crippen molar-refractivity contribution in [2.75, 3.05) is 12.4 Å². The van der Waals surface area contributed by atoms with Crippen molar-refractivity contribution >= 4 is 16.9 Å². The van der Waals surface area contributed by atoms with E-state index in [2.05, 4.69) is 21.2 Å². The van der Waals surface area contributed by atoms with Crippen molar-refractivity contribution in [3.8, 4) is 18.2 Å². The molecule has 18 heavy (non-hydrogen) atoms. The minimum absolute atomic E-state index is 0.493. The molecule has 2 rings (SSSR count). The molecule has 1 aromatic carbocycles. The summed E-state index contributed by atoms with van der Waals surface area (Å²) in [4.78, 5) is 8.67. The van der Waals surface area contributed by atoms with E-state index in [1.54, 1.807) is 7.05 Å². The van der Waals surface area contributed by atoms with Crippen LogP contribution in [0.1, 0.15) is 13.8 Å². The van der Waals surface area contributed by atoms with Gasteiger partial charge in [-0.3, -0.25) is 0 Å². The number of terminal acetylenes is 1. The molecule has 0 bridgehead atoms. The van der Waals surface area contributed by atoms with Crippen LogP contribution in [0.15, 0.2) is 24.3 Å². The Morgan fingerprint density at radius 3 is 2.67 bits per heavy atom. The Balaban J connectivity index is 2.58. The third-order valence-electron chi connectivity index (χ3n) is 2.49. The van der Waals surface area contributed by atoms with Gasteiger partial charge in [0, 0.05) is 7.05 Å². The van der Waals surface area contributed by atoms with Gasteiger partial charge in [-0.2, -0.15) is 4.98 Å². The SMILES string of the molecule is C#CC(C)(C)Oc1nc(NC)nc2ccccc12. The molecule has 0 aliphatic heterocycles. The molecule has 0 unspecified atom stereocenters. The van der Waals surface area contributed by atoms with E-state index < -0.39 is 5.60 Å². The number of rotatable bonds is 3. The summed E-state index contributed by atoms with van der Waals surface area (Å²) >= 11 is 0. The normalized spacial score (nSPS) is 11.0. The van der Waals surface area contributed by atoms with Gasteiger partial charge in [-0.25, -0.2) is 4.98 Å². The summed E-state index contributed by atoms with van der Waals surface area (Å²) in [6.07, 6.45) is 5.43. The largest absolute Gasteiger partial charge is 0.458 e. The van der Waals surface area contributed by atoms with Crippen molar-refractivity contribution in [2.24, 2.45) is 0 Å². The Labute approximate surface area is 106 Å². The number of hydrogen-bond acceptors (Lipinski definition) is 4. The maximum atomic E-state index is 5.78. The van der Waals surface area contributed by atoms with E-state index in [4.69, 9.17) is 11.2 Å². The molecule has 1 heterocycles. The van der Waals surface area contributed by atoms with Crippen LogP contribution in [0.2, 0.25) is 0 Å². The van der Waals surface area contributed by atoms with Crippen molar-refractivity contribution < 1.29 is 4.74 Å². The third-order valence-corrected chi connectivity index (χ3v) is 2.49. The van der Waals surface area contributed by atoms with Crippen molar-refractivity contribution in [3.05, 3.63) is 24.3 Å². The van der Waals surface area contributed by atoms with Gasteiger partial charge in [0.2, 0.25) is 11.8 Å². The number of fused-ring (bicyclic) bond motifs is 1. The molecule has 1 N–H and O–H groups in total. The zero-order valence-electron chi connectivity index (χ0n) is 10.7. The molecule has 92 valence electrons. The predicted octanol–water partition coefficient (Wildman–Crippen LogP) is 2.46. The maximum absolute atomic E-state index is 5.78. The summed E-state index contributed by atoms with van der Waals surface area (Å²) in [5.41, 5.74) is 0.113. The monoisotopic (exact) mass is 241 g/mol. The topological polar surface area (TPSA) is 47.0 Å². The second-order valence-electron chi connectivity index (χ2n) is 4.38. The third kappa shape index (κ3) is 2.35. The van der Waals surface area contributed by atoms with E-state index in [-0.39, 0.29) is 0 Å². The fourth-order valence-corrected chi connectivity index (χ4v) is 1.51. The molecular weight excluding hydrogens is 226 g/mol. The van der Waals surface area contributed by atoms with Gasteiger partial charge >= 0.3 is 0 Å². The van der Waals surface area contributed by atoms with Crippen LogP contribution in [0, 0.1) is 12.3 Å². The first-order valence-corrected chi connectivity index (χ1v) is 5.67. The molecule has 0 saturated carbocycles. The summed E-state index contributed by atoms with van der Waals surface area (Å²) in [5.74, 6) is 3.59. The van der Waals surface area contributed by atoms with Gasteiger partial charge in [0.05, 0.1) is 10.9 Å². The molecule has 0 radical (unpaired) electrons. The van der Waals surface area contributed by atoms with Crippen LogP contribution in [-0.2, 0) is 0 Å². The fraction of sp³-hybridized carbons (Fsp3) is 0.286. The number of aromatic nitrogens is 2. The molecule has 4 nitrogen and oxygen atoms in total. The van der Waals surface area contributed by atoms with E-state index in [9.17, 15) is 0 Å². The van der Waals surface area contributed by atoms with Gasteiger partial charge < -0.3 is 10.1 Å². The molecule has 0 spiro atoms. The molecule has 1 aromatic heterocycles. The van der Waals surface area contributed by atoms with Crippen LogP contribution in [0.25, 0.3) is 10.9 Å². The zero-order chi connectivity index (χ0) is 13.2. The average Bonchev–Trinajstić information content (AvgIpc) is 2.38. The first-order chi connectivity index (χ1) is 8.55. The molecule has 0 aliphatic carbocycles. The number of anilines is 1. The second kappa shape index (κ2) is 4.53. The number of para-hydroxylation sites is 1. The van der Waals surface area contributed by atoms with E-state index in [1.165, 1.54) is 0 Å². The molecular formula is C14H15N3O. The lowest BCUT2D eigenvalue weighted by Gasteiger charge is -2.20. The highest BCUT2D eigenvalue weighted by Crippen LogP contribution is 2.26. The maximum Gasteiger partial charge on any atom is 0.227 e. The van der Waals surface area contributed by atoms with Gasteiger partial charge in [-0.15, -0.1) is 6.42 Å². The highest BCUT2D eigenvalue weighted by Gasteiger charge is 2.19. The molecule has 2 aromatic rings. The van der Waals surface area contributed by atoms with Gasteiger partial charge in [0.15, 0.2) is 5.60 Å². The summed E-state index contributed by atoms with van der Waals surface area (Å²) in [6, 6.07) is 7.66. The molecule has 0 saturated heterocycles. The first-order valence-electron chi connectivity index (χ1n) is 5.67. The van der Waals surface area contributed by atoms with Crippen molar-refractivity contribution in [2.45, 2.75) is 19.4 Å². The van der Waals surface area contributed by atoms with Crippen LogP contribution in [0.4, 0.5) is 5.95 Å². The van der Waals surface area contributed by atoms with Gasteiger partial charge in [0.25, 0.3) is 0 Å². The second-order valence-corrected chi connectivity index (χ2v) is 4.38. The quantitative estimate of drug-likeness (QED) is 0.838. The number of nitrogens with zero attached hydrogens (tertiary/aromatic N) is 2. The van der Waals surface area contributed by atoms with Crippen molar-refractivity contribution in [1.82, 2.24) is 9.97 Å². The van der Waals surface area contributed by atoms with Crippen LogP contribution in [0.5, 0.6) is 5.88 Å². The van der Waals surface area contributed by atoms with E-state index in [1.807, 2.05) is 38.1 Å².